The number of esters is 1. The number of hydrogen-bond acceptors (Lipinski definition) is 3. The van der Waals surface area contributed by atoms with Gasteiger partial charge in [0.15, 0.2) is 0 Å². The van der Waals surface area contributed by atoms with E-state index in [1.165, 1.54) is 19.2 Å². The maximum atomic E-state index is 12.9. The van der Waals surface area contributed by atoms with Crippen molar-refractivity contribution in [3.63, 3.8) is 0 Å². The zero-order valence-corrected chi connectivity index (χ0v) is 8.97. The van der Waals surface area contributed by atoms with Crippen molar-refractivity contribution in [3.8, 4) is 0 Å². The van der Waals surface area contributed by atoms with Crippen molar-refractivity contribution in [1.82, 2.24) is 0 Å². The molecule has 0 aliphatic carbocycles. The Labute approximate surface area is 92.2 Å². The van der Waals surface area contributed by atoms with E-state index in [1.54, 1.807) is 6.07 Å². The summed E-state index contributed by atoms with van der Waals surface area (Å²) in [6.45, 7) is 0.381. The number of halogens is 2. The van der Waals surface area contributed by atoms with Gasteiger partial charge < -0.3 is 10.1 Å². The molecular formula is C10H11ClFNO2. The third-order valence-electron chi connectivity index (χ3n) is 1.75. The molecule has 5 heteroatoms. The Bertz CT molecular complexity index is 337. The zero-order chi connectivity index (χ0) is 11.3. The van der Waals surface area contributed by atoms with Crippen LogP contribution in [0.3, 0.4) is 0 Å². The molecule has 0 aliphatic heterocycles. The molecule has 0 unspecified atom stereocenters. The molecule has 1 aromatic rings. The lowest BCUT2D eigenvalue weighted by molar-refractivity contribution is -0.140. The number of benzene rings is 1. The molecule has 0 spiro atoms. The first kappa shape index (κ1) is 11.8. The van der Waals surface area contributed by atoms with Crippen molar-refractivity contribution >= 4 is 23.3 Å². The first-order valence-electron chi connectivity index (χ1n) is 4.38. The van der Waals surface area contributed by atoms with Crippen LogP contribution in [0, 0.1) is 5.82 Å². The highest BCUT2D eigenvalue weighted by molar-refractivity contribution is 6.30. The summed E-state index contributed by atoms with van der Waals surface area (Å²) in [5.74, 6) is -0.729. The van der Waals surface area contributed by atoms with Crippen LogP contribution in [-0.2, 0) is 9.53 Å². The highest BCUT2D eigenvalue weighted by Crippen LogP contribution is 2.17. The Morgan fingerprint density at radius 1 is 1.53 bits per heavy atom. The predicted octanol–water partition coefficient (Wildman–Crippen LogP) is 2.45. The number of hydrogen-bond donors (Lipinski definition) is 1. The van der Waals surface area contributed by atoms with Gasteiger partial charge in [-0.25, -0.2) is 4.39 Å². The van der Waals surface area contributed by atoms with Gasteiger partial charge in [0.1, 0.15) is 5.82 Å². The first-order chi connectivity index (χ1) is 7.11. The highest BCUT2D eigenvalue weighted by Gasteiger charge is 2.01. The second kappa shape index (κ2) is 5.56. The molecule has 0 aliphatic rings. The standard InChI is InChI=1S/C10H11ClFNO2/c1-15-10(14)2-3-13-9-5-7(11)4-8(12)6-9/h4-6,13H,2-3H2,1H3. The molecular weight excluding hydrogens is 221 g/mol. The highest BCUT2D eigenvalue weighted by atomic mass is 35.5. The van der Waals surface area contributed by atoms with E-state index in [1.807, 2.05) is 0 Å². The van der Waals surface area contributed by atoms with E-state index in [0.717, 1.165) is 0 Å². The molecule has 0 radical (unpaired) electrons. The first-order valence-corrected chi connectivity index (χ1v) is 4.76. The Morgan fingerprint density at radius 3 is 2.87 bits per heavy atom. The maximum Gasteiger partial charge on any atom is 0.307 e. The van der Waals surface area contributed by atoms with Crippen molar-refractivity contribution in [2.75, 3.05) is 19.0 Å². The summed E-state index contributed by atoms with van der Waals surface area (Å²) in [6, 6.07) is 4.11. The van der Waals surface area contributed by atoms with Gasteiger partial charge in [0.05, 0.1) is 13.5 Å². The lowest BCUT2D eigenvalue weighted by Gasteiger charge is -2.05. The van der Waals surface area contributed by atoms with Crippen LogP contribution < -0.4 is 5.32 Å². The van der Waals surface area contributed by atoms with Crippen LogP contribution in [0.2, 0.25) is 5.02 Å². The number of nitrogens with one attached hydrogen (secondary N) is 1. The van der Waals surface area contributed by atoms with Crippen molar-refractivity contribution in [2.45, 2.75) is 6.42 Å². The second-order valence-electron chi connectivity index (χ2n) is 2.91. The van der Waals surface area contributed by atoms with E-state index in [4.69, 9.17) is 11.6 Å². The summed E-state index contributed by atoms with van der Waals surface area (Å²) < 4.78 is 17.3. The Balaban J connectivity index is 2.47. The minimum absolute atomic E-state index is 0.227. The molecule has 82 valence electrons. The normalized spacial score (nSPS) is 9.80. The number of carbonyl (C=O) groups excluding carboxylic acids is 1. The SMILES string of the molecule is COC(=O)CCNc1cc(F)cc(Cl)c1. The van der Waals surface area contributed by atoms with E-state index >= 15 is 0 Å². The molecule has 1 aromatic carbocycles. The van der Waals surface area contributed by atoms with Gasteiger partial charge in [0, 0.05) is 17.3 Å². The van der Waals surface area contributed by atoms with E-state index in [2.05, 4.69) is 10.1 Å². The smallest absolute Gasteiger partial charge is 0.307 e. The van der Waals surface area contributed by atoms with Gasteiger partial charge in [-0.05, 0) is 18.2 Å². The predicted molar refractivity (Wildman–Crippen MR) is 56.5 cm³/mol. The van der Waals surface area contributed by atoms with Crippen LogP contribution in [0.5, 0.6) is 0 Å². The van der Waals surface area contributed by atoms with Gasteiger partial charge >= 0.3 is 5.97 Å². The fourth-order valence-corrected chi connectivity index (χ4v) is 1.29. The van der Waals surface area contributed by atoms with E-state index in [-0.39, 0.29) is 12.4 Å². The van der Waals surface area contributed by atoms with E-state index in [9.17, 15) is 9.18 Å². The van der Waals surface area contributed by atoms with Gasteiger partial charge in [-0.1, -0.05) is 11.6 Å². The average Bonchev–Trinajstić information content (AvgIpc) is 2.16. The molecule has 0 bridgehead atoms. The molecule has 1 rings (SSSR count). The molecule has 0 fully saturated rings. The quantitative estimate of drug-likeness (QED) is 0.809. The minimum atomic E-state index is -0.414. The molecule has 0 atom stereocenters. The largest absolute Gasteiger partial charge is 0.469 e. The molecule has 0 amide bonds. The Kier molecular flexibility index (Phi) is 4.37. The summed E-state index contributed by atoms with van der Waals surface area (Å²) in [4.78, 5) is 10.8. The lowest BCUT2D eigenvalue weighted by Crippen LogP contribution is -2.09. The van der Waals surface area contributed by atoms with Gasteiger partial charge in [-0.3, -0.25) is 4.79 Å². The monoisotopic (exact) mass is 231 g/mol. The molecule has 1 N–H and O–H groups in total. The second-order valence-corrected chi connectivity index (χ2v) is 3.35. The van der Waals surface area contributed by atoms with Crippen LogP contribution in [0.4, 0.5) is 10.1 Å². The Hall–Kier alpha value is -1.29. The fourth-order valence-electron chi connectivity index (χ4n) is 1.07. The van der Waals surface area contributed by atoms with E-state index in [0.29, 0.717) is 17.3 Å². The van der Waals surface area contributed by atoms with Crippen LogP contribution in [0.15, 0.2) is 18.2 Å². The van der Waals surface area contributed by atoms with Crippen molar-refractivity contribution in [3.05, 3.63) is 29.0 Å². The summed E-state index contributed by atoms with van der Waals surface area (Å²) in [6.07, 6.45) is 0.227. The molecule has 0 aromatic heterocycles. The topological polar surface area (TPSA) is 38.3 Å². The number of rotatable bonds is 4. The third kappa shape index (κ3) is 4.16. The summed E-state index contributed by atoms with van der Waals surface area (Å²) in [5.41, 5.74) is 0.545. The van der Waals surface area contributed by atoms with Crippen molar-refractivity contribution in [2.24, 2.45) is 0 Å². The number of anilines is 1. The van der Waals surface area contributed by atoms with Crippen LogP contribution >= 0.6 is 11.6 Å². The molecule has 0 heterocycles. The van der Waals surface area contributed by atoms with Gasteiger partial charge in [-0.2, -0.15) is 0 Å². The van der Waals surface area contributed by atoms with E-state index < -0.39 is 5.82 Å². The fraction of sp³-hybridized carbons (Fsp3) is 0.300. The zero-order valence-electron chi connectivity index (χ0n) is 8.22. The summed E-state index contributed by atoms with van der Waals surface area (Å²) in [7, 11) is 1.32. The lowest BCUT2D eigenvalue weighted by atomic mass is 10.3. The molecule has 0 saturated carbocycles. The average molecular weight is 232 g/mol. The number of carbonyl (C=O) groups is 1. The van der Waals surface area contributed by atoms with Gasteiger partial charge in [0.2, 0.25) is 0 Å². The Morgan fingerprint density at radius 2 is 2.27 bits per heavy atom. The van der Waals surface area contributed by atoms with Gasteiger partial charge in [-0.15, -0.1) is 0 Å². The van der Waals surface area contributed by atoms with Gasteiger partial charge in [0.25, 0.3) is 0 Å². The van der Waals surface area contributed by atoms with Crippen LogP contribution in [-0.4, -0.2) is 19.6 Å². The van der Waals surface area contributed by atoms with Crippen LogP contribution in [0.25, 0.3) is 0 Å². The number of methoxy groups -OCH3 is 1. The number of ether oxygens (including phenoxy) is 1. The summed E-state index contributed by atoms with van der Waals surface area (Å²) >= 11 is 5.65. The van der Waals surface area contributed by atoms with Crippen LogP contribution in [0.1, 0.15) is 6.42 Å². The van der Waals surface area contributed by atoms with Crippen molar-refractivity contribution in [1.29, 1.82) is 0 Å². The third-order valence-corrected chi connectivity index (χ3v) is 1.97. The molecule has 0 saturated heterocycles. The maximum absolute atomic E-state index is 12.9. The molecule has 3 nitrogen and oxygen atoms in total. The summed E-state index contributed by atoms with van der Waals surface area (Å²) in [5, 5.41) is 3.18. The minimum Gasteiger partial charge on any atom is -0.469 e. The molecule has 15 heavy (non-hydrogen) atoms. The van der Waals surface area contributed by atoms with Crippen molar-refractivity contribution < 1.29 is 13.9 Å².